The predicted molar refractivity (Wildman–Crippen MR) is 102 cm³/mol. The van der Waals surface area contributed by atoms with E-state index in [-0.39, 0.29) is 5.89 Å². The minimum Gasteiger partial charge on any atom is -0.333 e. The summed E-state index contributed by atoms with van der Waals surface area (Å²) in [4.78, 5) is 13.2. The number of hydrogen-bond donors (Lipinski definition) is 0. The SMILES string of the molecule is CCc1ccc(-c2noc(/C(Cl)=C/c3cnc4ccccc4n3)n2)cc1. The first kappa shape index (κ1) is 16.4. The molecule has 2 heterocycles. The van der Waals surface area contributed by atoms with Crippen molar-refractivity contribution in [3.8, 4) is 11.4 Å². The minimum atomic E-state index is 0.246. The van der Waals surface area contributed by atoms with Crippen LogP contribution in [0.4, 0.5) is 0 Å². The fraction of sp³-hybridized carbons (Fsp3) is 0.100. The molecule has 4 aromatic rings. The van der Waals surface area contributed by atoms with Crippen LogP contribution < -0.4 is 0 Å². The highest BCUT2D eigenvalue weighted by Crippen LogP contribution is 2.24. The van der Waals surface area contributed by atoms with Gasteiger partial charge in [0, 0.05) is 5.56 Å². The minimum absolute atomic E-state index is 0.246. The average molecular weight is 363 g/mol. The monoisotopic (exact) mass is 362 g/mol. The second-order valence-electron chi connectivity index (χ2n) is 5.75. The molecule has 2 aromatic heterocycles. The van der Waals surface area contributed by atoms with Gasteiger partial charge in [-0.25, -0.2) is 4.98 Å². The molecule has 2 aromatic carbocycles. The second-order valence-corrected chi connectivity index (χ2v) is 6.16. The third kappa shape index (κ3) is 3.34. The van der Waals surface area contributed by atoms with Crippen molar-refractivity contribution in [1.82, 2.24) is 20.1 Å². The smallest absolute Gasteiger partial charge is 0.269 e. The number of benzene rings is 2. The van der Waals surface area contributed by atoms with Crippen LogP contribution in [-0.2, 0) is 6.42 Å². The summed E-state index contributed by atoms with van der Waals surface area (Å²) in [5.74, 6) is 0.745. The lowest BCUT2D eigenvalue weighted by atomic mass is 10.1. The summed E-state index contributed by atoms with van der Waals surface area (Å²) in [5.41, 5.74) is 4.39. The summed E-state index contributed by atoms with van der Waals surface area (Å²) in [5, 5.41) is 4.33. The molecule has 0 spiro atoms. The van der Waals surface area contributed by atoms with Gasteiger partial charge in [-0.05, 0) is 30.2 Å². The van der Waals surface area contributed by atoms with Crippen molar-refractivity contribution < 1.29 is 4.52 Å². The molecule has 0 atom stereocenters. The van der Waals surface area contributed by atoms with Gasteiger partial charge in [-0.2, -0.15) is 4.98 Å². The van der Waals surface area contributed by atoms with Crippen LogP contribution in [0.25, 0.3) is 33.5 Å². The van der Waals surface area contributed by atoms with Crippen molar-refractivity contribution in [2.24, 2.45) is 0 Å². The predicted octanol–water partition coefficient (Wildman–Crippen LogP) is 4.98. The zero-order chi connectivity index (χ0) is 17.9. The summed E-state index contributed by atoms with van der Waals surface area (Å²) in [6, 6.07) is 15.7. The van der Waals surface area contributed by atoms with Crippen molar-refractivity contribution in [2.75, 3.05) is 0 Å². The Morgan fingerprint density at radius 2 is 1.81 bits per heavy atom. The van der Waals surface area contributed by atoms with E-state index in [1.54, 1.807) is 12.3 Å². The Bertz CT molecular complexity index is 1090. The Morgan fingerprint density at radius 1 is 1.04 bits per heavy atom. The molecule has 4 rings (SSSR count). The normalized spacial score (nSPS) is 11.8. The molecule has 128 valence electrons. The van der Waals surface area contributed by atoms with Crippen LogP contribution in [0.15, 0.2) is 59.3 Å². The van der Waals surface area contributed by atoms with Gasteiger partial charge in [0.15, 0.2) is 0 Å². The largest absolute Gasteiger partial charge is 0.333 e. The Hall–Kier alpha value is -3.05. The number of para-hydroxylation sites is 2. The Balaban J connectivity index is 1.61. The van der Waals surface area contributed by atoms with Crippen LogP contribution >= 0.6 is 11.6 Å². The van der Waals surface area contributed by atoms with Gasteiger partial charge in [-0.3, -0.25) is 4.98 Å². The quantitative estimate of drug-likeness (QED) is 0.512. The van der Waals surface area contributed by atoms with Crippen molar-refractivity contribution >= 4 is 33.7 Å². The molecule has 0 aliphatic heterocycles. The molecule has 0 aliphatic carbocycles. The molecule has 0 N–H and O–H groups in total. The number of nitrogens with zero attached hydrogens (tertiary/aromatic N) is 4. The van der Waals surface area contributed by atoms with E-state index in [1.165, 1.54) is 5.56 Å². The van der Waals surface area contributed by atoms with E-state index in [0.29, 0.717) is 16.6 Å². The first-order chi connectivity index (χ1) is 12.7. The summed E-state index contributed by atoms with van der Waals surface area (Å²) < 4.78 is 5.29. The molecule has 6 heteroatoms. The molecule has 0 bridgehead atoms. The van der Waals surface area contributed by atoms with Crippen LogP contribution in [0.5, 0.6) is 0 Å². The van der Waals surface area contributed by atoms with E-state index < -0.39 is 0 Å². The molecule has 0 unspecified atom stereocenters. The van der Waals surface area contributed by atoms with Gasteiger partial charge in [0.2, 0.25) is 5.82 Å². The highest BCUT2D eigenvalue weighted by Gasteiger charge is 2.12. The maximum atomic E-state index is 6.34. The first-order valence-corrected chi connectivity index (χ1v) is 8.63. The van der Waals surface area contributed by atoms with Crippen molar-refractivity contribution in [3.63, 3.8) is 0 Å². The Labute approximate surface area is 155 Å². The highest BCUT2D eigenvalue weighted by atomic mass is 35.5. The van der Waals surface area contributed by atoms with E-state index in [1.807, 2.05) is 48.5 Å². The molecule has 0 saturated carbocycles. The van der Waals surface area contributed by atoms with Gasteiger partial charge in [0.1, 0.15) is 5.03 Å². The topological polar surface area (TPSA) is 64.7 Å². The summed E-state index contributed by atoms with van der Waals surface area (Å²) in [7, 11) is 0. The highest BCUT2D eigenvalue weighted by molar-refractivity contribution is 6.50. The molecule has 0 saturated heterocycles. The van der Waals surface area contributed by atoms with E-state index in [4.69, 9.17) is 16.1 Å². The van der Waals surface area contributed by atoms with Gasteiger partial charge in [-0.1, -0.05) is 60.1 Å². The number of hydrogen-bond acceptors (Lipinski definition) is 5. The van der Waals surface area contributed by atoms with Gasteiger partial charge in [-0.15, -0.1) is 0 Å². The lowest BCUT2D eigenvalue weighted by Crippen LogP contribution is -1.88. The summed E-state index contributed by atoms with van der Waals surface area (Å²) >= 11 is 6.34. The molecule has 0 amide bonds. The molecule has 0 radical (unpaired) electrons. The summed E-state index contributed by atoms with van der Waals surface area (Å²) in [6.07, 6.45) is 4.31. The van der Waals surface area contributed by atoms with Gasteiger partial charge < -0.3 is 4.52 Å². The Kier molecular flexibility index (Phi) is 4.46. The number of rotatable bonds is 4. The molecule has 5 nitrogen and oxygen atoms in total. The molecule has 26 heavy (non-hydrogen) atoms. The third-order valence-corrected chi connectivity index (χ3v) is 4.26. The number of aromatic nitrogens is 4. The van der Waals surface area contributed by atoms with Crippen molar-refractivity contribution in [3.05, 3.63) is 71.9 Å². The molecule has 0 fully saturated rings. The van der Waals surface area contributed by atoms with Gasteiger partial charge in [0.05, 0.1) is 22.9 Å². The number of aryl methyl sites for hydroxylation is 1. The fourth-order valence-corrected chi connectivity index (χ4v) is 2.75. The van der Waals surface area contributed by atoms with E-state index >= 15 is 0 Å². The van der Waals surface area contributed by atoms with Crippen molar-refractivity contribution in [2.45, 2.75) is 13.3 Å². The van der Waals surface area contributed by atoms with Gasteiger partial charge in [0.25, 0.3) is 5.89 Å². The zero-order valence-corrected chi connectivity index (χ0v) is 14.8. The fourth-order valence-electron chi connectivity index (χ4n) is 2.56. The Morgan fingerprint density at radius 3 is 2.58 bits per heavy atom. The van der Waals surface area contributed by atoms with E-state index in [9.17, 15) is 0 Å². The van der Waals surface area contributed by atoms with Crippen LogP contribution in [-0.4, -0.2) is 20.1 Å². The van der Waals surface area contributed by atoms with E-state index in [2.05, 4.69) is 27.0 Å². The van der Waals surface area contributed by atoms with E-state index in [0.717, 1.165) is 23.0 Å². The van der Waals surface area contributed by atoms with Gasteiger partial charge >= 0.3 is 0 Å². The van der Waals surface area contributed by atoms with Crippen LogP contribution in [0, 0.1) is 0 Å². The maximum Gasteiger partial charge on any atom is 0.269 e. The lowest BCUT2D eigenvalue weighted by Gasteiger charge is -1.98. The zero-order valence-electron chi connectivity index (χ0n) is 14.1. The number of fused-ring (bicyclic) bond motifs is 1. The maximum absolute atomic E-state index is 6.34. The molecular weight excluding hydrogens is 348 g/mol. The lowest BCUT2D eigenvalue weighted by molar-refractivity contribution is 0.410. The molecular formula is C20H15ClN4O. The number of halogens is 1. The first-order valence-electron chi connectivity index (χ1n) is 8.25. The summed E-state index contributed by atoms with van der Waals surface area (Å²) in [6.45, 7) is 2.11. The molecule has 0 aliphatic rings. The second kappa shape index (κ2) is 7.06. The van der Waals surface area contributed by atoms with Crippen molar-refractivity contribution in [1.29, 1.82) is 0 Å². The third-order valence-electron chi connectivity index (χ3n) is 3.99. The van der Waals surface area contributed by atoms with Crippen LogP contribution in [0.2, 0.25) is 0 Å². The van der Waals surface area contributed by atoms with Crippen LogP contribution in [0.1, 0.15) is 24.1 Å². The average Bonchev–Trinajstić information content (AvgIpc) is 3.18. The standard InChI is InChI=1S/C20H15ClN4O/c1-2-13-7-9-14(10-8-13)19-24-20(26-25-19)16(21)11-15-12-22-17-5-3-4-6-18(17)23-15/h3-12H,2H2,1H3/b16-11-. The van der Waals surface area contributed by atoms with Crippen LogP contribution in [0.3, 0.4) is 0 Å².